The van der Waals surface area contributed by atoms with E-state index in [1.54, 1.807) is 0 Å². The molecule has 2 heterocycles. The number of nitrogens with zero attached hydrogens (tertiary/aromatic N) is 3. The first kappa shape index (κ1) is 31.2. The zero-order chi connectivity index (χ0) is 36.8. The number of fused-ring (bicyclic) bond motifs is 14. The summed E-state index contributed by atoms with van der Waals surface area (Å²) in [6, 6.07) is 58.0. The maximum absolute atomic E-state index is 6.76. The molecule has 0 aliphatic heterocycles. The number of benzene rings is 7. The molecule has 0 N–H and O–H groups in total. The lowest BCUT2D eigenvalue weighted by molar-refractivity contribution is 0.666. The lowest BCUT2D eigenvalue weighted by atomic mass is 9.69. The number of allylic oxidation sites excluding steroid dienone is 4. The second kappa shape index (κ2) is 11.9. The first-order valence-electron chi connectivity index (χ1n) is 19.3. The molecular formula is C52H33N3O. The van der Waals surface area contributed by atoms with Gasteiger partial charge in [-0.2, -0.15) is 0 Å². The Morgan fingerprint density at radius 3 is 1.82 bits per heavy atom. The molecule has 1 unspecified atom stereocenters. The van der Waals surface area contributed by atoms with Crippen molar-refractivity contribution in [1.82, 2.24) is 15.0 Å². The van der Waals surface area contributed by atoms with Crippen LogP contribution in [0, 0.1) is 0 Å². The molecule has 0 radical (unpaired) electrons. The van der Waals surface area contributed by atoms with Crippen molar-refractivity contribution in [1.29, 1.82) is 0 Å². The number of rotatable bonds is 4. The van der Waals surface area contributed by atoms with Crippen LogP contribution in [0.4, 0.5) is 0 Å². The number of hydrogen-bond donors (Lipinski definition) is 0. The van der Waals surface area contributed by atoms with Crippen LogP contribution in [0.1, 0.15) is 35.1 Å². The summed E-state index contributed by atoms with van der Waals surface area (Å²) in [5.41, 5.74) is 17.0. The number of hydrogen-bond acceptors (Lipinski definition) is 4. The molecule has 56 heavy (non-hydrogen) atoms. The van der Waals surface area contributed by atoms with E-state index < -0.39 is 5.41 Å². The molecule has 262 valence electrons. The van der Waals surface area contributed by atoms with E-state index in [9.17, 15) is 0 Å². The second-order valence-corrected chi connectivity index (χ2v) is 14.9. The minimum absolute atomic E-state index is 0.461. The van der Waals surface area contributed by atoms with Gasteiger partial charge in [0, 0.05) is 33.0 Å². The Kier molecular flexibility index (Phi) is 6.64. The Morgan fingerprint density at radius 1 is 0.429 bits per heavy atom. The molecule has 4 nitrogen and oxygen atoms in total. The first-order valence-corrected chi connectivity index (χ1v) is 19.3. The molecule has 0 amide bonds. The minimum atomic E-state index is -0.461. The van der Waals surface area contributed by atoms with Gasteiger partial charge in [0.2, 0.25) is 0 Å². The van der Waals surface area contributed by atoms with Crippen molar-refractivity contribution in [2.45, 2.75) is 18.3 Å². The molecule has 12 rings (SSSR count). The molecule has 3 aliphatic rings. The van der Waals surface area contributed by atoms with Gasteiger partial charge in [0.15, 0.2) is 17.5 Å². The van der Waals surface area contributed by atoms with Crippen molar-refractivity contribution in [3.05, 3.63) is 204 Å². The smallest absolute Gasteiger partial charge is 0.164 e. The van der Waals surface area contributed by atoms with Crippen molar-refractivity contribution in [3.8, 4) is 56.4 Å². The summed E-state index contributed by atoms with van der Waals surface area (Å²) in [4.78, 5) is 15.1. The standard InChI is InChI=1S/C52H33N3O/c1-3-15-32(16-4-1)49-53-50(33-17-5-2-6-18-33)55-51(54-49)35-20-13-19-34(31-35)36-24-14-27-43-46(36)39-22-7-10-25-41(39)52(43)42-26-11-8-23-40(42)47-44(52)30-29-38-37-21-9-12-28-45(37)56-48(38)47/h1-7,9-10,12-31H,8,11H2. The summed E-state index contributed by atoms with van der Waals surface area (Å²) in [5.74, 6) is 1.95. The molecule has 4 heteroatoms. The largest absolute Gasteiger partial charge is 0.455 e. The van der Waals surface area contributed by atoms with Crippen LogP contribution in [-0.2, 0) is 5.41 Å². The molecule has 0 saturated heterocycles. The summed E-state index contributed by atoms with van der Waals surface area (Å²) in [6.45, 7) is 0. The van der Waals surface area contributed by atoms with E-state index in [0.29, 0.717) is 17.5 Å². The van der Waals surface area contributed by atoms with E-state index in [0.717, 1.165) is 51.6 Å². The molecular weight excluding hydrogens is 683 g/mol. The third-order valence-corrected chi connectivity index (χ3v) is 12.0. The maximum atomic E-state index is 6.76. The van der Waals surface area contributed by atoms with Crippen LogP contribution in [0.3, 0.4) is 0 Å². The molecule has 0 bridgehead atoms. The number of aromatic nitrogens is 3. The highest BCUT2D eigenvalue weighted by Crippen LogP contribution is 2.66. The third-order valence-electron chi connectivity index (χ3n) is 12.0. The van der Waals surface area contributed by atoms with Gasteiger partial charge in [-0.05, 0) is 75.1 Å². The Labute approximate surface area is 324 Å². The van der Waals surface area contributed by atoms with Gasteiger partial charge in [0.25, 0.3) is 0 Å². The predicted molar refractivity (Wildman–Crippen MR) is 226 cm³/mol. The monoisotopic (exact) mass is 715 g/mol. The molecule has 0 saturated carbocycles. The molecule has 2 aromatic heterocycles. The molecule has 1 spiro atoms. The minimum Gasteiger partial charge on any atom is -0.455 e. The van der Waals surface area contributed by atoms with Crippen LogP contribution in [0.25, 0.3) is 83.9 Å². The fraction of sp³-hybridized carbons (Fsp3) is 0.0577. The lowest BCUT2D eigenvalue weighted by Crippen LogP contribution is -2.26. The van der Waals surface area contributed by atoms with Gasteiger partial charge in [0.1, 0.15) is 11.2 Å². The summed E-state index contributed by atoms with van der Waals surface area (Å²) < 4.78 is 6.76. The van der Waals surface area contributed by atoms with Gasteiger partial charge in [-0.15, -0.1) is 0 Å². The van der Waals surface area contributed by atoms with Crippen LogP contribution in [0.5, 0.6) is 0 Å². The number of furan rings is 1. The van der Waals surface area contributed by atoms with Gasteiger partial charge in [0.05, 0.1) is 5.41 Å². The molecule has 9 aromatic rings. The zero-order valence-corrected chi connectivity index (χ0v) is 30.4. The van der Waals surface area contributed by atoms with Crippen LogP contribution in [0.2, 0.25) is 0 Å². The Morgan fingerprint density at radius 2 is 1.02 bits per heavy atom. The highest BCUT2D eigenvalue weighted by Gasteiger charge is 2.55. The van der Waals surface area contributed by atoms with E-state index in [1.165, 1.54) is 55.5 Å². The van der Waals surface area contributed by atoms with E-state index in [4.69, 9.17) is 19.4 Å². The van der Waals surface area contributed by atoms with Crippen molar-refractivity contribution in [3.63, 3.8) is 0 Å². The van der Waals surface area contributed by atoms with E-state index in [-0.39, 0.29) is 0 Å². The van der Waals surface area contributed by atoms with E-state index in [2.05, 4.69) is 115 Å². The Hall–Kier alpha value is -7.17. The van der Waals surface area contributed by atoms with Crippen LogP contribution < -0.4 is 0 Å². The van der Waals surface area contributed by atoms with E-state index in [1.807, 2.05) is 60.7 Å². The normalized spacial score (nSPS) is 16.4. The van der Waals surface area contributed by atoms with E-state index >= 15 is 0 Å². The lowest BCUT2D eigenvalue weighted by Gasteiger charge is -2.31. The third kappa shape index (κ3) is 4.32. The van der Waals surface area contributed by atoms with Gasteiger partial charge in [-0.25, -0.2) is 15.0 Å². The van der Waals surface area contributed by atoms with Gasteiger partial charge >= 0.3 is 0 Å². The maximum Gasteiger partial charge on any atom is 0.164 e. The van der Waals surface area contributed by atoms with Gasteiger partial charge in [-0.1, -0.05) is 164 Å². The van der Waals surface area contributed by atoms with Crippen molar-refractivity contribution >= 4 is 27.5 Å². The molecule has 7 aromatic carbocycles. The fourth-order valence-electron chi connectivity index (χ4n) is 9.69. The average Bonchev–Trinajstić information content (AvgIpc) is 3.91. The van der Waals surface area contributed by atoms with Gasteiger partial charge in [-0.3, -0.25) is 0 Å². The molecule has 1 atom stereocenters. The van der Waals surface area contributed by atoms with Crippen LogP contribution in [0.15, 0.2) is 186 Å². The number of para-hydroxylation sites is 1. The predicted octanol–water partition coefficient (Wildman–Crippen LogP) is 12.9. The quantitative estimate of drug-likeness (QED) is 0.182. The van der Waals surface area contributed by atoms with Crippen LogP contribution >= 0.6 is 0 Å². The second-order valence-electron chi connectivity index (χ2n) is 14.9. The Bertz CT molecular complexity index is 3080. The summed E-state index contributed by atoms with van der Waals surface area (Å²) in [6.07, 6.45) is 6.98. The summed E-state index contributed by atoms with van der Waals surface area (Å²) in [7, 11) is 0. The topological polar surface area (TPSA) is 51.8 Å². The highest BCUT2D eigenvalue weighted by molar-refractivity contribution is 6.14. The summed E-state index contributed by atoms with van der Waals surface area (Å²) >= 11 is 0. The van der Waals surface area contributed by atoms with Gasteiger partial charge < -0.3 is 4.42 Å². The summed E-state index contributed by atoms with van der Waals surface area (Å²) in [5, 5.41) is 2.33. The SMILES string of the molecule is C1=C2C(=CCC1)C1(c3ccccc3-c3c(-c4cccc(-c5nc(-c6ccccc6)nc(-c6ccccc6)n5)c4)cccc31)c1ccc3c(oc4ccccc43)c12. The van der Waals surface area contributed by atoms with Crippen molar-refractivity contribution < 1.29 is 4.42 Å². The van der Waals surface area contributed by atoms with Crippen molar-refractivity contribution in [2.24, 2.45) is 0 Å². The molecule has 3 aliphatic carbocycles. The zero-order valence-electron chi connectivity index (χ0n) is 30.4. The first-order chi connectivity index (χ1) is 27.8. The fourth-order valence-corrected chi connectivity index (χ4v) is 9.69. The van der Waals surface area contributed by atoms with Crippen molar-refractivity contribution in [2.75, 3.05) is 0 Å². The van der Waals surface area contributed by atoms with Crippen LogP contribution in [-0.4, -0.2) is 15.0 Å². The highest BCUT2D eigenvalue weighted by atomic mass is 16.3. The Balaban J connectivity index is 1.08. The average molecular weight is 716 g/mol. The molecule has 0 fully saturated rings.